The van der Waals surface area contributed by atoms with Gasteiger partial charge >= 0.3 is 6.18 Å². The van der Waals surface area contributed by atoms with Crippen molar-refractivity contribution in [2.75, 3.05) is 14.2 Å². The Labute approximate surface area is 199 Å². The molecule has 0 fully saturated rings. The molecule has 0 saturated carbocycles. The molecule has 0 bridgehead atoms. The number of ether oxygens (including phenoxy) is 2. The Hall–Kier alpha value is -3.46. The van der Waals surface area contributed by atoms with Crippen molar-refractivity contribution < 1.29 is 22.6 Å². The zero-order valence-corrected chi connectivity index (χ0v) is 19.6. The van der Waals surface area contributed by atoms with Crippen LogP contribution >= 0.6 is 11.8 Å². The molecule has 5 nitrogen and oxygen atoms in total. The van der Waals surface area contributed by atoms with Gasteiger partial charge in [-0.05, 0) is 48.4 Å². The maximum atomic E-state index is 13.5. The molecule has 0 N–H and O–H groups in total. The first-order valence-corrected chi connectivity index (χ1v) is 11.3. The van der Waals surface area contributed by atoms with Gasteiger partial charge in [0, 0.05) is 11.3 Å². The van der Waals surface area contributed by atoms with Gasteiger partial charge in [-0.25, -0.2) is 0 Å². The number of thioether (sulfide) groups is 1. The number of methoxy groups -OCH3 is 2. The monoisotopic (exact) mass is 485 g/mol. The summed E-state index contributed by atoms with van der Waals surface area (Å²) in [6.45, 7) is 1.96. The lowest BCUT2D eigenvalue weighted by atomic mass is 10.1. The number of hydrogen-bond acceptors (Lipinski definition) is 5. The van der Waals surface area contributed by atoms with Gasteiger partial charge in [0.25, 0.3) is 0 Å². The summed E-state index contributed by atoms with van der Waals surface area (Å²) in [7, 11) is 3.11. The van der Waals surface area contributed by atoms with Gasteiger partial charge in [0.15, 0.2) is 22.5 Å². The summed E-state index contributed by atoms with van der Waals surface area (Å²) in [6.07, 6.45) is -4.42. The van der Waals surface area contributed by atoms with E-state index in [1.54, 1.807) is 32.4 Å². The summed E-state index contributed by atoms with van der Waals surface area (Å²) >= 11 is 1.20. The highest BCUT2D eigenvalue weighted by molar-refractivity contribution is 7.98. The van der Waals surface area contributed by atoms with Crippen LogP contribution in [0, 0.1) is 6.92 Å². The van der Waals surface area contributed by atoms with Crippen LogP contribution in [0.4, 0.5) is 13.2 Å². The first-order chi connectivity index (χ1) is 16.3. The van der Waals surface area contributed by atoms with E-state index in [1.165, 1.54) is 23.9 Å². The van der Waals surface area contributed by atoms with Crippen LogP contribution < -0.4 is 9.47 Å². The highest BCUT2D eigenvalue weighted by atomic mass is 32.2. The van der Waals surface area contributed by atoms with Crippen LogP contribution in [-0.4, -0.2) is 29.0 Å². The highest BCUT2D eigenvalue weighted by Crippen LogP contribution is 2.37. The zero-order valence-electron chi connectivity index (χ0n) is 18.8. The Kier molecular flexibility index (Phi) is 6.83. The average Bonchev–Trinajstić information content (AvgIpc) is 3.25. The predicted octanol–water partition coefficient (Wildman–Crippen LogP) is 6.57. The molecule has 1 heterocycles. The topological polar surface area (TPSA) is 49.2 Å². The van der Waals surface area contributed by atoms with E-state index in [4.69, 9.17) is 9.47 Å². The van der Waals surface area contributed by atoms with Crippen molar-refractivity contribution in [2.45, 2.75) is 24.0 Å². The van der Waals surface area contributed by atoms with Crippen LogP contribution in [0.2, 0.25) is 0 Å². The lowest BCUT2D eigenvalue weighted by Crippen LogP contribution is -2.08. The van der Waals surface area contributed by atoms with Crippen LogP contribution in [0.15, 0.2) is 71.9 Å². The second-order valence-corrected chi connectivity index (χ2v) is 8.38. The number of halogens is 3. The number of nitrogens with zero attached hydrogens (tertiary/aromatic N) is 3. The fourth-order valence-corrected chi connectivity index (χ4v) is 4.57. The minimum absolute atomic E-state index is 0.0889. The normalized spacial score (nSPS) is 11.5. The Bertz CT molecular complexity index is 1300. The van der Waals surface area contributed by atoms with E-state index in [0.717, 1.165) is 22.9 Å². The minimum atomic E-state index is -4.42. The standard InChI is InChI=1S/C25H22F3N3O2S/c1-16-8-4-7-11-20(16)31-23(17-12-13-21(32-2)22(14-17)33-3)29-30-24(31)34-15-18-9-5-6-10-19(18)25(26,27)28/h4-14H,15H2,1-3H3. The summed E-state index contributed by atoms with van der Waals surface area (Å²) in [5.41, 5.74) is 2.08. The number of alkyl halides is 3. The maximum absolute atomic E-state index is 13.5. The van der Waals surface area contributed by atoms with Gasteiger partial charge in [0.2, 0.25) is 0 Å². The molecule has 0 atom stereocenters. The smallest absolute Gasteiger partial charge is 0.416 e. The molecule has 4 aromatic rings. The third-order valence-electron chi connectivity index (χ3n) is 5.31. The van der Waals surface area contributed by atoms with Crippen molar-refractivity contribution in [3.63, 3.8) is 0 Å². The second kappa shape index (κ2) is 9.80. The van der Waals surface area contributed by atoms with Crippen molar-refractivity contribution in [1.29, 1.82) is 0 Å². The number of para-hydroxylation sites is 1. The summed E-state index contributed by atoms with van der Waals surface area (Å²) in [5.74, 6) is 1.74. The van der Waals surface area contributed by atoms with E-state index < -0.39 is 11.7 Å². The van der Waals surface area contributed by atoms with Crippen LogP contribution in [0.1, 0.15) is 16.7 Å². The summed E-state index contributed by atoms with van der Waals surface area (Å²) in [6, 6.07) is 18.7. The van der Waals surface area contributed by atoms with Crippen molar-refractivity contribution in [2.24, 2.45) is 0 Å². The number of rotatable bonds is 7. The van der Waals surface area contributed by atoms with Gasteiger partial charge in [-0.15, -0.1) is 10.2 Å². The van der Waals surface area contributed by atoms with Crippen molar-refractivity contribution in [3.8, 4) is 28.6 Å². The Morgan fingerprint density at radius 2 is 1.59 bits per heavy atom. The first kappa shape index (κ1) is 23.7. The first-order valence-electron chi connectivity index (χ1n) is 10.3. The quantitative estimate of drug-likeness (QED) is 0.277. The van der Waals surface area contributed by atoms with Gasteiger partial charge in [0.05, 0.1) is 25.5 Å². The van der Waals surface area contributed by atoms with Gasteiger partial charge in [0.1, 0.15) is 0 Å². The van der Waals surface area contributed by atoms with Crippen molar-refractivity contribution >= 4 is 11.8 Å². The van der Waals surface area contributed by atoms with Crippen LogP contribution in [0.3, 0.4) is 0 Å². The third-order valence-corrected chi connectivity index (χ3v) is 6.29. The Morgan fingerprint density at radius 3 is 2.29 bits per heavy atom. The third kappa shape index (κ3) is 4.75. The Balaban J connectivity index is 1.79. The van der Waals surface area contributed by atoms with Gasteiger partial charge in [-0.3, -0.25) is 4.57 Å². The molecule has 0 radical (unpaired) electrons. The predicted molar refractivity (Wildman–Crippen MR) is 126 cm³/mol. The molecule has 0 unspecified atom stereocenters. The summed E-state index contributed by atoms with van der Waals surface area (Å²) in [4.78, 5) is 0. The summed E-state index contributed by atoms with van der Waals surface area (Å²) in [5, 5.41) is 9.21. The zero-order chi connectivity index (χ0) is 24.3. The van der Waals surface area contributed by atoms with E-state index in [2.05, 4.69) is 10.2 Å². The molecule has 0 saturated heterocycles. The molecular formula is C25H22F3N3O2S. The fraction of sp³-hybridized carbons (Fsp3) is 0.200. The number of benzene rings is 3. The molecule has 0 aliphatic rings. The van der Waals surface area contributed by atoms with Crippen molar-refractivity contribution in [3.05, 3.63) is 83.4 Å². The van der Waals surface area contributed by atoms with E-state index >= 15 is 0 Å². The molecule has 0 aliphatic carbocycles. The second-order valence-electron chi connectivity index (χ2n) is 7.44. The fourth-order valence-electron chi connectivity index (χ4n) is 3.62. The van der Waals surface area contributed by atoms with E-state index in [-0.39, 0.29) is 11.3 Å². The molecule has 3 aromatic carbocycles. The van der Waals surface area contributed by atoms with Crippen LogP contribution in [-0.2, 0) is 11.9 Å². The molecule has 0 aliphatic heterocycles. The lowest BCUT2D eigenvalue weighted by molar-refractivity contribution is -0.138. The minimum Gasteiger partial charge on any atom is -0.493 e. The summed E-state index contributed by atoms with van der Waals surface area (Å²) < 4.78 is 53.0. The molecule has 4 rings (SSSR count). The molecule has 34 heavy (non-hydrogen) atoms. The lowest BCUT2D eigenvalue weighted by Gasteiger charge is -2.15. The SMILES string of the molecule is COc1ccc(-c2nnc(SCc3ccccc3C(F)(F)F)n2-c2ccccc2C)cc1OC. The van der Waals surface area contributed by atoms with E-state index in [1.807, 2.05) is 41.8 Å². The average molecular weight is 486 g/mol. The van der Waals surface area contributed by atoms with Gasteiger partial charge in [-0.1, -0.05) is 48.2 Å². The Morgan fingerprint density at radius 1 is 0.882 bits per heavy atom. The van der Waals surface area contributed by atoms with E-state index in [0.29, 0.717) is 22.5 Å². The highest BCUT2D eigenvalue weighted by Gasteiger charge is 2.33. The largest absolute Gasteiger partial charge is 0.493 e. The van der Waals surface area contributed by atoms with Crippen LogP contribution in [0.5, 0.6) is 11.5 Å². The number of aromatic nitrogens is 3. The van der Waals surface area contributed by atoms with Gasteiger partial charge in [-0.2, -0.15) is 13.2 Å². The molecule has 0 amide bonds. The van der Waals surface area contributed by atoms with Crippen LogP contribution in [0.25, 0.3) is 17.1 Å². The molecule has 176 valence electrons. The molecule has 0 spiro atoms. The number of aryl methyl sites for hydroxylation is 1. The van der Waals surface area contributed by atoms with Crippen molar-refractivity contribution in [1.82, 2.24) is 14.8 Å². The molecular weight excluding hydrogens is 463 g/mol. The number of hydrogen-bond donors (Lipinski definition) is 0. The van der Waals surface area contributed by atoms with Gasteiger partial charge < -0.3 is 9.47 Å². The van der Waals surface area contributed by atoms with E-state index in [9.17, 15) is 13.2 Å². The molecule has 9 heteroatoms. The molecule has 1 aromatic heterocycles. The maximum Gasteiger partial charge on any atom is 0.416 e.